The van der Waals surface area contributed by atoms with Gasteiger partial charge in [0, 0.05) is 19.6 Å². The first kappa shape index (κ1) is 22.2. The number of nitrogens with zero attached hydrogens (tertiary/aromatic N) is 1. The third kappa shape index (κ3) is 6.79. The Balaban J connectivity index is 1.29. The summed E-state index contributed by atoms with van der Waals surface area (Å²) in [5.74, 6) is 1.56. The second-order valence-corrected chi connectivity index (χ2v) is 9.33. The Bertz CT molecular complexity index is 773. The van der Waals surface area contributed by atoms with Gasteiger partial charge in [0.05, 0.1) is 6.61 Å². The Hall–Kier alpha value is -2.49. The van der Waals surface area contributed by atoms with Crippen molar-refractivity contribution in [2.45, 2.75) is 51.9 Å². The van der Waals surface area contributed by atoms with Crippen LogP contribution in [0.15, 0.2) is 54.6 Å². The fourth-order valence-electron chi connectivity index (χ4n) is 3.91. The number of urea groups is 1. The average molecular weight is 409 g/mol. The highest BCUT2D eigenvalue weighted by Gasteiger charge is 2.22. The summed E-state index contributed by atoms with van der Waals surface area (Å²) in [7, 11) is 0. The molecule has 0 saturated carbocycles. The number of amides is 2. The second kappa shape index (κ2) is 10.5. The van der Waals surface area contributed by atoms with Crippen molar-refractivity contribution in [3.8, 4) is 5.75 Å². The molecular formula is C26H36N2O2. The van der Waals surface area contributed by atoms with Crippen molar-refractivity contribution in [2.24, 2.45) is 5.92 Å². The lowest BCUT2D eigenvalue weighted by molar-refractivity contribution is 0.169. The number of carbonyl (C=O) groups excluding carboxylic acids is 1. The van der Waals surface area contributed by atoms with Crippen molar-refractivity contribution in [1.82, 2.24) is 10.2 Å². The van der Waals surface area contributed by atoms with Gasteiger partial charge < -0.3 is 15.0 Å². The number of hydrogen-bond acceptors (Lipinski definition) is 2. The van der Waals surface area contributed by atoms with Crippen molar-refractivity contribution in [2.75, 3.05) is 26.2 Å². The van der Waals surface area contributed by atoms with E-state index >= 15 is 0 Å². The molecule has 1 fully saturated rings. The molecule has 2 aromatic carbocycles. The van der Waals surface area contributed by atoms with Gasteiger partial charge in [-0.05, 0) is 60.3 Å². The normalized spacial score (nSPS) is 15.1. The van der Waals surface area contributed by atoms with Crippen LogP contribution in [-0.2, 0) is 11.8 Å². The quantitative estimate of drug-likeness (QED) is 0.622. The first-order valence-corrected chi connectivity index (χ1v) is 11.2. The minimum absolute atomic E-state index is 0.0580. The van der Waals surface area contributed by atoms with Gasteiger partial charge in [0.2, 0.25) is 0 Å². The lowest BCUT2D eigenvalue weighted by Gasteiger charge is -2.32. The summed E-state index contributed by atoms with van der Waals surface area (Å²) in [6.07, 6.45) is 4.08. The molecule has 4 heteroatoms. The van der Waals surface area contributed by atoms with Crippen LogP contribution >= 0.6 is 0 Å². The van der Waals surface area contributed by atoms with Gasteiger partial charge in [-0.25, -0.2) is 4.79 Å². The van der Waals surface area contributed by atoms with E-state index in [1.807, 2.05) is 17.0 Å². The molecule has 1 saturated heterocycles. The number of rotatable bonds is 7. The Kier molecular flexibility index (Phi) is 7.78. The Morgan fingerprint density at radius 3 is 2.33 bits per heavy atom. The van der Waals surface area contributed by atoms with E-state index in [2.05, 4.69) is 68.6 Å². The topological polar surface area (TPSA) is 41.6 Å². The predicted molar refractivity (Wildman–Crippen MR) is 123 cm³/mol. The van der Waals surface area contributed by atoms with Gasteiger partial charge in [0.15, 0.2) is 0 Å². The fourth-order valence-corrected chi connectivity index (χ4v) is 3.91. The van der Waals surface area contributed by atoms with E-state index in [1.54, 1.807) is 0 Å². The molecule has 0 atom stereocenters. The standard InChI is InChI=1S/C26H36N2O2/c1-26(2,3)23-10-12-24(13-11-23)30-19-7-16-27-25(29)28-17-14-22(15-18-28)20-21-8-5-4-6-9-21/h4-6,8-13,22H,7,14-20H2,1-3H3,(H,27,29). The van der Waals surface area contributed by atoms with Gasteiger partial charge in [-0.3, -0.25) is 0 Å². The molecule has 2 amide bonds. The van der Waals surface area contributed by atoms with Crippen LogP contribution in [0.25, 0.3) is 0 Å². The zero-order chi connectivity index (χ0) is 21.4. The monoisotopic (exact) mass is 408 g/mol. The number of carbonyl (C=O) groups is 1. The molecule has 1 aliphatic heterocycles. The van der Waals surface area contributed by atoms with Crippen LogP contribution < -0.4 is 10.1 Å². The molecule has 0 spiro atoms. The molecule has 4 nitrogen and oxygen atoms in total. The lowest BCUT2D eigenvalue weighted by atomic mass is 9.87. The molecule has 1 N–H and O–H groups in total. The second-order valence-electron chi connectivity index (χ2n) is 9.33. The van der Waals surface area contributed by atoms with Gasteiger partial charge in [-0.15, -0.1) is 0 Å². The van der Waals surface area contributed by atoms with E-state index in [4.69, 9.17) is 4.74 Å². The number of nitrogens with one attached hydrogen (secondary N) is 1. The van der Waals surface area contributed by atoms with E-state index in [-0.39, 0.29) is 11.4 Å². The van der Waals surface area contributed by atoms with Crippen LogP contribution in [0, 0.1) is 5.92 Å². The smallest absolute Gasteiger partial charge is 0.317 e. The predicted octanol–water partition coefficient (Wildman–Crippen LogP) is 5.42. The summed E-state index contributed by atoms with van der Waals surface area (Å²) in [6, 6.07) is 19.0. The number of ether oxygens (including phenoxy) is 1. The highest BCUT2D eigenvalue weighted by Crippen LogP contribution is 2.24. The fraction of sp³-hybridized carbons (Fsp3) is 0.500. The highest BCUT2D eigenvalue weighted by molar-refractivity contribution is 5.74. The SMILES string of the molecule is CC(C)(C)c1ccc(OCCCNC(=O)N2CCC(Cc3ccccc3)CC2)cc1. The number of hydrogen-bond donors (Lipinski definition) is 1. The van der Waals surface area contributed by atoms with E-state index < -0.39 is 0 Å². The maximum Gasteiger partial charge on any atom is 0.317 e. The molecule has 1 aliphatic rings. The number of piperidine rings is 1. The van der Waals surface area contributed by atoms with Gasteiger partial charge in [0.1, 0.15) is 5.75 Å². The van der Waals surface area contributed by atoms with Crippen LogP contribution in [0.2, 0.25) is 0 Å². The lowest BCUT2D eigenvalue weighted by Crippen LogP contribution is -2.45. The first-order valence-electron chi connectivity index (χ1n) is 11.2. The van der Waals surface area contributed by atoms with Crippen LogP contribution in [0.3, 0.4) is 0 Å². The largest absolute Gasteiger partial charge is 0.494 e. The molecule has 3 rings (SSSR count). The molecule has 0 radical (unpaired) electrons. The molecule has 0 bridgehead atoms. The maximum absolute atomic E-state index is 12.4. The summed E-state index contributed by atoms with van der Waals surface area (Å²) in [4.78, 5) is 14.4. The summed E-state index contributed by atoms with van der Waals surface area (Å²) in [6.45, 7) is 9.56. The Labute approximate surface area is 181 Å². The Morgan fingerprint density at radius 1 is 1.03 bits per heavy atom. The van der Waals surface area contributed by atoms with Crippen LogP contribution in [0.4, 0.5) is 4.79 Å². The van der Waals surface area contributed by atoms with Crippen LogP contribution in [0.1, 0.15) is 51.2 Å². The van der Waals surface area contributed by atoms with Gasteiger partial charge in [0.25, 0.3) is 0 Å². The molecule has 30 heavy (non-hydrogen) atoms. The molecule has 2 aromatic rings. The highest BCUT2D eigenvalue weighted by atomic mass is 16.5. The van der Waals surface area contributed by atoms with Crippen molar-refractivity contribution in [3.63, 3.8) is 0 Å². The summed E-state index contributed by atoms with van der Waals surface area (Å²) in [5.41, 5.74) is 2.85. The van der Waals surface area contributed by atoms with Crippen molar-refractivity contribution in [3.05, 3.63) is 65.7 Å². The maximum atomic E-state index is 12.4. The van der Waals surface area contributed by atoms with E-state index in [0.29, 0.717) is 19.1 Å². The van der Waals surface area contributed by atoms with Crippen LogP contribution in [-0.4, -0.2) is 37.2 Å². The third-order valence-corrected chi connectivity index (χ3v) is 5.86. The van der Waals surface area contributed by atoms with Gasteiger partial charge in [-0.2, -0.15) is 0 Å². The van der Waals surface area contributed by atoms with Crippen molar-refractivity contribution in [1.29, 1.82) is 0 Å². The summed E-state index contributed by atoms with van der Waals surface area (Å²) < 4.78 is 5.81. The zero-order valence-electron chi connectivity index (χ0n) is 18.7. The number of likely N-dealkylation sites (tertiary alicyclic amines) is 1. The summed E-state index contributed by atoms with van der Waals surface area (Å²) in [5, 5.41) is 3.04. The van der Waals surface area contributed by atoms with Crippen molar-refractivity contribution < 1.29 is 9.53 Å². The molecule has 0 aliphatic carbocycles. The molecule has 162 valence electrons. The van der Waals surface area contributed by atoms with E-state index in [0.717, 1.165) is 44.5 Å². The summed E-state index contributed by atoms with van der Waals surface area (Å²) >= 11 is 0. The molecule has 0 aromatic heterocycles. The van der Waals surface area contributed by atoms with E-state index in [1.165, 1.54) is 11.1 Å². The minimum atomic E-state index is 0.0580. The first-order chi connectivity index (χ1) is 14.4. The van der Waals surface area contributed by atoms with Crippen LogP contribution in [0.5, 0.6) is 5.75 Å². The van der Waals surface area contributed by atoms with Crippen molar-refractivity contribution >= 4 is 6.03 Å². The average Bonchev–Trinajstić information content (AvgIpc) is 2.74. The zero-order valence-corrected chi connectivity index (χ0v) is 18.7. The molecule has 0 unspecified atom stereocenters. The van der Waals surface area contributed by atoms with Gasteiger partial charge >= 0.3 is 6.03 Å². The minimum Gasteiger partial charge on any atom is -0.494 e. The van der Waals surface area contributed by atoms with E-state index in [9.17, 15) is 4.79 Å². The number of benzene rings is 2. The Morgan fingerprint density at radius 2 is 1.70 bits per heavy atom. The molecule has 1 heterocycles. The van der Waals surface area contributed by atoms with Gasteiger partial charge in [-0.1, -0.05) is 63.2 Å². The molecular weight excluding hydrogens is 372 g/mol. The third-order valence-electron chi connectivity index (χ3n) is 5.86.